The molecule has 1 N–H and O–H groups in total. The SMILES string of the molecule is O=c1cc(C2CCN(Cc3cc4c(cc3Cl)OCO4)CC2)cc[nH]1. The van der Waals surface area contributed by atoms with Crippen LogP contribution in [0.15, 0.2) is 35.3 Å². The van der Waals surface area contributed by atoms with Gasteiger partial charge in [0, 0.05) is 29.9 Å². The molecule has 2 aliphatic heterocycles. The number of hydrogen-bond donors (Lipinski definition) is 1. The van der Waals surface area contributed by atoms with Crippen molar-refractivity contribution >= 4 is 11.6 Å². The first-order chi connectivity index (χ1) is 11.7. The Morgan fingerprint density at radius 2 is 1.92 bits per heavy atom. The molecule has 1 aromatic heterocycles. The number of ether oxygens (including phenoxy) is 2. The second kappa shape index (κ2) is 6.49. The highest BCUT2D eigenvalue weighted by Crippen LogP contribution is 2.37. The number of hydrogen-bond acceptors (Lipinski definition) is 4. The molecule has 0 aliphatic carbocycles. The van der Waals surface area contributed by atoms with Gasteiger partial charge in [-0.25, -0.2) is 0 Å². The first kappa shape index (κ1) is 15.5. The highest BCUT2D eigenvalue weighted by atomic mass is 35.5. The molecule has 2 aromatic rings. The van der Waals surface area contributed by atoms with Crippen LogP contribution in [0.3, 0.4) is 0 Å². The largest absolute Gasteiger partial charge is 0.454 e. The van der Waals surface area contributed by atoms with Crippen LogP contribution < -0.4 is 15.0 Å². The van der Waals surface area contributed by atoms with Crippen molar-refractivity contribution in [3.8, 4) is 11.5 Å². The third-order valence-electron chi connectivity index (χ3n) is 4.79. The zero-order chi connectivity index (χ0) is 16.5. The minimum absolute atomic E-state index is 0.0259. The van der Waals surface area contributed by atoms with Crippen LogP contribution in [0.25, 0.3) is 0 Å². The van der Waals surface area contributed by atoms with Crippen LogP contribution in [-0.4, -0.2) is 29.8 Å². The lowest BCUT2D eigenvalue weighted by Crippen LogP contribution is -2.32. The van der Waals surface area contributed by atoms with Gasteiger partial charge in [-0.3, -0.25) is 9.69 Å². The molecular formula is C18H19ClN2O3. The van der Waals surface area contributed by atoms with Crippen LogP contribution in [0, 0.1) is 0 Å². The number of nitrogens with one attached hydrogen (secondary N) is 1. The van der Waals surface area contributed by atoms with Gasteiger partial charge in [0.15, 0.2) is 11.5 Å². The normalized spacial score (nSPS) is 18.0. The molecule has 0 saturated carbocycles. The average molecular weight is 347 g/mol. The monoisotopic (exact) mass is 346 g/mol. The van der Waals surface area contributed by atoms with Gasteiger partial charge < -0.3 is 14.5 Å². The number of benzene rings is 1. The number of H-pyrrole nitrogens is 1. The van der Waals surface area contributed by atoms with E-state index in [2.05, 4.69) is 9.88 Å². The number of nitrogens with zero attached hydrogens (tertiary/aromatic N) is 1. The number of fused-ring (bicyclic) bond motifs is 1. The molecule has 0 spiro atoms. The van der Waals surface area contributed by atoms with Gasteiger partial charge in [0.05, 0.1) is 0 Å². The maximum atomic E-state index is 11.5. The maximum Gasteiger partial charge on any atom is 0.248 e. The van der Waals surface area contributed by atoms with E-state index in [1.165, 1.54) is 0 Å². The Balaban J connectivity index is 1.41. The van der Waals surface area contributed by atoms with Crippen LogP contribution in [0.4, 0.5) is 0 Å². The van der Waals surface area contributed by atoms with Crippen LogP contribution in [0.1, 0.15) is 29.9 Å². The van der Waals surface area contributed by atoms with Crippen molar-refractivity contribution in [3.63, 3.8) is 0 Å². The summed E-state index contributed by atoms with van der Waals surface area (Å²) in [5.41, 5.74) is 2.18. The van der Waals surface area contributed by atoms with Gasteiger partial charge in [0.2, 0.25) is 12.4 Å². The van der Waals surface area contributed by atoms with E-state index in [1.807, 2.05) is 18.2 Å². The van der Waals surface area contributed by atoms with Gasteiger partial charge in [-0.1, -0.05) is 11.6 Å². The summed E-state index contributed by atoms with van der Waals surface area (Å²) in [4.78, 5) is 16.5. The van der Waals surface area contributed by atoms with Gasteiger partial charge in [-0.2, -0.15) is 0 Å². The second-order valence-electron chi connectivity index (χ2n) is 6.33. The van der Waals surface area contributed by atoms with Crippen molar-refractivity contribution in [1.29, 1.82) is 0 Å². The standard InChI is InChI=1S/C18H19ClN2O3/c19-15-9-17-16(23-11-24-17)7-14(15)10-21-5-2-12(3-6-21)13-1-4-20-18(22)8-13/h1,4,7-9,12H,2-3,5-6,10-11H2,(H,20,22). The predicted molar refractivity (Wildman–Crippen MR) is 91.9 cm³/mol. The Hall–Kier alpha value is -1.98. The molecule has 24 heavy (non-hydrogen) atoms. The summed E-state index contributed by atoms with van der Waals surface area (Å²) in [5.74, 6) is 1.94. The molecule has 6 heteroatoms. The molecule has 3 heterocycles. The lowest BCUT2D eigenvalue weighted by Gasteiger charge is -2.32. The van der Waals surface area contributed by atoms with E-state index < -0.39 is 0 Å². The summed E-state index contributed by atoms with van der Waals surface area (Å²) in [6.45, 7) is 3.04. The van der Waals surface area contributed by atoms with E-state index in [0.717, 1.165) is 60.1 Å². The summed E-state index contributed by atoms with van der Waals surface area (Å²) >= 11 is 6.37. The quantitative estimate of drug-likeness (QED) is 0.927. The number of aromatic amines is 1. The number of likely N-dealkylation sites (tertiary alicyclic amines) is 1. The van der Waals surface area contributed by atoms with E-state index in [0.29, 0.717) is 5.92 Å². The molecule has 0 radical (unpaired) electrons. The van der Waals surface area contributed by atoms with Crippen LogP contribution in [0.2, 0.25) is 5.02 Å². The second-order valence-corrected chi connectivity index (χ2v) is 6.74. The van der Waals surface area contributed by atoms with Crippen LogP contribution in [-0.2, 0) is 6.54 Å². The Kier molecular flexibility index (Phi) is 4.21. The van der Waals surface area contributed by atoms with E-state index in [4.69, 9.17) is 21.1 Å². The fraction of sp³-hybridized carbons (Fsp3) is 0.389. The molecule has 4 rings (SSSR count). The van der Waals surface area contributed by atoms with Gasteiger partial charge in [0.25, 0.3) is 0 Å². The molecule has 0 atom stereocenters. The number of rotatable bonds is 3. The topological polar surface area (TPSA) is 54.6 Å². The summed E-state index contributed by atoms with van der Waals surface area (Å²) in [7, 11) is 0. The summed E-state index contributed by atoms with van der Waals surface area (Å²) in [5, 5.41) is 0.718. The van der Waals surface area contributed by atoms with E-state index in [1.54, 1.807) is 12.3 Å². The Bertz CT molecular complexity index is 797. The van der Waals surface area contributed by atoms with Crippen molar-refractivity contribution in [2.75, 3.05) is 19.9 Å². The molecule has 2 aliphatic rings. The van der Waals surface area contributed by atoms with Crippen molar-refractivity contribution in [3.05, 3.63) is 57.0 Å². The van der Waals surface area contributed by atoms with Crippen molar-refractivity contribution in [1.82, 2.24) is 9.88 Å². The number of halogens is 1. The molecule has 126 valence electrons. The Morgan fingerprint density at radius 3 is 2.67 bits per heavy atom. The summed E-state index contributed by atoms with van der Waals surface area (Å²) in [6, 6.07) is 7.54. The third-order valence-corrected chi connectivity index (χ3v) is 5.15. The van der Waals surface area contributed by atoms with E-state index in [-0.39, 0.29) is 12.4 Å². The minimum Gasteiger partial charge on any atom is -0.454 e. The highest BCUT2D eigenvalue weighted by molar-refractivity contribution is 6.31. The van der Waals surface area contributed by atoms with Gasteiger partial charge >= 0.3 is 0 Å². The highest BCUT2D eigenvalue weighted by Gasteiger charge is 2.23. The van der Waals surface area contributed by atoms with Crippen molar-refractivity contribution < 1.29 is 9.47 Å². The van der Waals surface area contributed by atoms with Gasteiger partial charge in [0.1, 0.15) is 0 Å². The fourth-order valence-electron chi connectivity index (χ4n) is 3.46. The van der Waals surface area contributed by atoms with Crippen molar-refractivity contribution in [2.45, 2.75) is 25.3 Å². The molecule has 0 unspecified atom stereocenters. The van der Waals surface area contributed by atoms with Crippen molar-refractivity contribution in [2.24, 2.45) is 0 Å². The molecule has 0 bridgehead atoms. The van der Waals surface area contributed by atoms with Gasteiger partial charge in [-0.05, 0) is 55.1 Å². The average Bonchev–Trinajstić information content (AvgIpc) is 3.03. The molecule has 1 aromatic carbocycles. The lowest BCUT2D eigenvalue weighted by molar-refractivity contribution is 0.173. The smallest absolute Gasteiger partial charge is 0.248 e. The number of pyridine rings is 1. The number of aromatic nitrogens is 1. The molecular weight excluding hydrogens is 328 g/mol. The number of piperidine rings is 1. The van der Waals surface area contributed by atoms with Gasteiger partial charge in [-0.15, -0.1) is 0 Å². The van der Waals surface area contributed by atoms with Crippen LogP contribution >= 0.6 is 11.6 Å². The minimum atomic E-state index is -0.0259. The van der Waals surface area contributed by atoms with Crippen LogP contribution in [0.5, 0.6) is 11.5 Å². The molecule has 0 amide bonds. The first-order valence-electron chi connectivity index (χ1n) is 8.18. The Labute approximate surface area is 145 Å². The molecule has 1 fully saturated rings. The zero-order valence-electron chi connectivity index (χ0n) is 13.3. The molecule has 5 nitrogen and oxygen atoms in total. The Morgan fingerprint density at radius 1 is 1.17 bits per heavy atom. The third kappa shape index (κ3) is 3.14. The zero-order valence-corrected chi connectivity index (χ0v) is 14.0. The first-order valence-corrected chi connectivity index (χ1v) is 8.56. The predicted octanol–water partition coefficient (Wildman–Crippen LogP) is 3.14. The summed E-state index contributed by atoms with van der Waals surface area (Å²) < 4.78 is 10.8. The van der Waals surface area contributed by atoms with E-state index in [9.17, 15) is 4.79 Å². The maximum absolute atomic E-state index is 11.5. The summed E-state index contributed by atoms with van der Waals surface area (Å²) in [6.07, 6.45) is 3.83. The van der Waals surface area contributed by atoms with E-state index >= 15 is 0 Å². The lowest BCUT2D eigenvalue weighted by atomic mass is 9.90. The fourth-order valence-corrected chi connectivity index (χ4v) is 3.67. The molecule has 1 saturated heterocycles.